The molecule has 2 aliphatic rings. The van der Waals surface area contributed by atoms with E-state index in [1.165, 1.54) is 0 Å². The fourth-order valence-electron chi connectivity index (χ4n) is 4.91. The number of azide groups is 1. The molecular weight excluding hydrogens is 649 g/mol. The Morgan fingerprint density at radius 3 is 2.54 bits per heavy atom. The van der Waals surface area contributed by atoms with Crippen LogP contribution in [0.2, 0.25) is 5.02 Å². The van der Waals surface area contributed by atoms with Crippen LogP contribution in [0, 0.1) is 0 Å². The number of carbonyl (C=O) groups is 2. The Kier molecular flexibility index (Phi) is 12.2. The number of aromatic nitrogens is 2. The number of rotatable bonds is 14. The third kappa shape index (κ3) is 8.65. The first-order chi connectivity index (χ1) is 22.0. The monoisotopic (exact) mass is 683 g/mol. The Hall–Kier alpha value is -3.49. The molecule has 0 spiro atoms. The molecule has 0 bridgehead atoms. The number of ether oxygens (including phenoxy) is 3. The van der Waals surface area contributed by atoms with Gasteiger partial charge in [-0.15, -0.1) is 0 Å². The quantitative estimate of drug-likeness (QED) is 0.0895. The normalized spacial score (nSPS) is 27.5. The summed E-state index contributed by atoms with van der Waals surface area (Å²) in [6.07, 6.45) is -2.08. The van der Waals surface area contributed by atoms with E-state index in [2.05, 4.69) is 15.0 Å². The highest BCUT2D eigenvalue weighted by molar-refractivity contribution is 7.48. The van der Waals surface area contributed by atoms with Gasteiger partial charge < -0.3 is 14.2 Å². The van der Waals surface area contributed by atoms with E-state index in [9.17, 15) is 29.3 Å². The van der Waals surface area contributed by atoms with Crippen molar-refractivity contribution in [2.45, 2.75) is 89.1 Å². The van der Waals surface area contributed by atoms with E-state index in [1.54, 1.807) is 24.3 Å². The Balaban J connectivity index is 1.73. The Morgan fingerprint density at radius 1 is 1.17 bits per heavy atom. The number of nitrogens with one attached hydrogen (secondary N) is 1. The first kappa shape index (κ1) is 35.4. The number of phosphoric acid groups is 1. The van der Waals surface area contributed by atoms with Crippen LogP contribution in [0.25, 0.3) is 10.4 Å². The van der Waals surface area contributed by atoms with Gasteiger partial charge in [-0.2, -0.15) is 0 Å². The zero-order valence-corrected chi connectivity index (χ0v) is 26.9. The Morgan fingerprint density at radius 2 is 1.89 bits per heavy atom. The van der Waals surface area contributed by atoms with Crippen LogP contribution in [0.4, 0.5) is 0 Å². The third-order valence-corrected chi connectivity index (χ3v) is 8.91. The van der Waals surface area contributed by atoms with Crippen LogP contribution in [0.1, 0.15) is 76.7 Å². The highest BCUT2D eigenvalue weighted by Crippen LogP contribution is 2.58. The third-order valence-electron chi connectivity index (χ3n) is 7.22. The summed E-state index contributed by atoms with van der Waals surface area (Å²) in [6, 6.07) is 7.75. The van der Waals surface area contributed by atoms with Crippen molar-refractivity contribution in [2.24, 2.45) is 5.11 Å². The van der Waals surface area contributed by atoms with Crippen LogP contribution in [0.3, 0.4) is 0 Å². The van der Waals surface area contributed by atoms with Gasteiger partial charge in [-0.05, 0) is 36.1 Å². The summed E-state index contributed by atoms with van der Waals surface area (Å²) in [4.78, 5) is 55.5. The van der Waals surface area contributed by atoms with Crippen LogP contribution in [-0.2, 0) is 41.9 Å². The number of aromatic amines is 1. The molecule has 2 aliphatic heterocycles. The van der Waals surface area contributed by atoms with Gasteiger partial charge in [-0.25, -0.2) is 9.36 Å². The largest absolute Gasteiger partial charge is 0.475 e. The number of unbranched alkanes of at least 4 members (excludes halogenated alkanes) is 2. The molecule has 250 valence electrons. The van der Waals surface area contributed by atoms with Crippen molar-refractivity contribution in [1.29, 1.82) is 0 Å². The van der Waals surface area contributed by atoms with Gasteiger partial charge in [0.1, 0.15) is 0 Å². The molecule has 2 aromatic rings. The highest BCUT2D eigenvalue weighted by atomic mass is 35.5. The molecule has 1 N–H and O–H groups in total. The molecule has 3 heterocycles. The number of esters is 2. The number of nitrogens with zero attached hydrogens (tertiary/aromatic N) is 4. The molecule has 16 nitrogen and oxygen atoms in total. The highest BCUT2D eigenvalue weighted by Gasteiger charge is 2.61. The van der Waals surface area contributed by atoms with Gasteiger partial charge in [0.05, 0.1) is 19.3 Å². The molecule has 0 amide bonds. The van der Waals surface area contributed by atoms with Crippen LogP contribution >= 0.6 is 19.4 Å². The smallest absolute Gasteiger partial charge is 0.455 e. The van der Waals surface area contributed by atoms with E-state index in [0.717, 1.165) is 16.8 Å². The van der Waals surface area contributed by atoms with Crippen molar-refractivity contribution in [1.82, 2.24) is 9.55 Å². The van der Waals surface area contributed by atoms with Crippen molar-refractivity contribution in [2.75, 3.05) is 13.2 Å². The minimum absolute atomic E-state index is 0.0243. The molecular formula is C28H35ClN5O11P. The number of carbonyl (C=O) groups excluding carboxylic acids is 2. The molecule has 2 saturated heterocycles. The molecule has 1 unspecified atom stereocenters. The predicted octanol–water partition coefficient (Wildman–Crippen LogP) is 5.23. The van der Waals surface area contributed by atoms with E-state index in [4.69, 9.17) is 39.4 Å². The van der Waals surface area contributed by atoms with Gasteiger partial charge in [0.25, 0.3) is 5.56 Å². The lowest BCUT2D eigenvalue weighted by Gasteiger charge is -2.33. The van der Waals surface area contributed by atoms with E-state index in [0.29, 0.717) is 42.7 Å². The second-order valence-corrected chi connectivity index (χ2v) is 12.7. The van der Waals surface area contributed by atoms with Gasteiger partial charge in [0.15, 0.2) is 18.4 Å². The maximum absolute atomic E-state index is 13.7. The zero-order chi connectivity index (χ0) is 33.3. The number of hydrogen-bond acceptors (Lipinski definition) is 12. The average Bonchev–Trinajstić information content (AvgIpc) is 3.30. The Labute approximate surface area is 268 Å². The van der Waals surface area contributed by atoms with Gasteiger partial charge in [0.2, 0.25) is 5.72 Å². The summed E-state index contributed by atoms with van der Waals surface area (Å²) in [6.45, 7) is 2.80. The molecule has 2 fully saturated rings. The first-order valence-electron chi connectivity index (χ1n) is 14.8. The summed E-state index contributed by atoms with van der Waals surface area (Å²) in [5.74, 6) is -1.48. The summed E-state index contributed by atoms with van der Waals surface area (Å²) >= 11 is 6.11. The molecule has 1 aromatic carbocycles. The van der Waals surface area contributed by atoms with Crippen LogP contribution in [0.15, 0.2) is 51.2 Å². The van der Waals surface area contributed by atoms with Crippen LogP contribution in [-0.4, -0.2) is 52.6 Å². The number of phosphoric ester groups is 1. The van der Waals surface area contributed by atoms with Crippen molar-refractivity contribution in [3.63, 3.8) is 0 Å². The summed E-state index contributed by atoms with van der Waals surface area (Å²) in [5, 5.41) is 4.18. The Bertz CT molecular complexity index is 1610. The summed E-state index contributed by atoms with van der Waals surface area (Å²) in [5.41, 5.74) is 6.22. The number of H-pyrrole nitrogens is 1. The topological polar surface area (TPSA) is 210 Å². The molecule has 4 rings (SSSR count). The first-order valence-corrected chi connectivity index (χ1v) is 16.6. The maximum atomic E-state index is 13.7. The molecule has 6 atom stereocenters. The van der Waals surface area contributed by atoms with Crippen molar-refractivity contribution >= 4 is 31.4 Å². The molecule has 18 heteroatoms. The van der Waals surface area contributed by atoms with Crippen molar-refractivity contribution in [3.05, 3.63) is 78.4 Å². The summed E-state index contributed by atoms with van der Waals surface area (Å²) in [7, 11) is -4.39. The SMILES string of the molecule is CCCCC(=O)O[C@H]1[C@H](n2ccc(=O)[nH]c2=O)O[C@@](COP2(=O)OCC[C@@H](c3cccc(Cl)c3)O2)(N=[N+]=[N-])[C@H]1OC(=O)CCCC. The number of halogens is 1. The van der Waals surface area contributed by atoms with Gasteiger partial charge >= 0.3 is 25.5 Å². The number of benzene rings is 1. The van der Waals surface area contributed by atoms with E-state index in [-0.39, 0.29) is 19.4 Å². The lowest BCUT2D eigenvalue weighted by Crippen LogP contribution is -2.49. The predicted molar refractivity (Wildman–Crippen MR) is 162 cm³/mol. The molecule has 46 heavy (non-hydrogen) atoms. The maximum Gasteiger partial charge on any atom is 0.475 e. The van der Waals surface area contributed by atoms with E-state index >= 15 is 0 Å². The zero-order valence-electron chi connectivity index (χ0n) is 25.2. The minimum atomic E-state index is -4.39. The number of hydrogen-bond donors (Lipinski definition) is 1. The average molecular weight is 684 g/mol. The fraction of sp³-hybridized carbons (Fsp3) is 0.571. The molecule has 0 aliphatic carbocycles. The van der Waals surface area contributed by atoms with Gasteiger partial charge in [0, 0.05) is 41.5 Å². The second kappa shape index (κ2) is 15.9. The lowest BCUT2D eigenvalue weighted by atomic mass is 10.0. The molecule has 0 radical (unpaired) electrons. The standard InChI is InChI=1S/C28H35ClN5O11P/c1-3-5-10-22(36)42-24-25(43-23(37)11-6-4-2)28(32-33-30,44-26(24)34-14-12-21(35)31-27(34)38)17-41-46(39)40-15-13-20(45-46)18-8-7-9-19(29)16-18/h7-9,12,14,16,20,24-26H,3-6,10-11,13,15,17H2,1-2H3,(H,31,35,38)/t20-,24+,25-,26+,28+,46?/m0/s1. The summed E-state index contributed by atoms with van der Waals surface area (Å²) < 4.78 is 48.9. The molecule has 1 aromatic heterocycles. The van der Waals surface area contributed by atoms with Crippen LogP contribution in [0.5, 0.6) is 0 Å². The van der Waals surface area contributed by atoms with Crippen LogP contribution < -0.4 is 11.2 Å². The van der Waals surface area contributed by atoms with Gasteiger partial charge in [-0.1, -0.05) is 55.5 Å². The van der Waals surface area contributed by atoms with E-state index < -0.39 is 67.9 Å². The molecule has 0 saturated carbocycles. The lowest BCUT2D eigenvalue weighted by molar-refractivity contribution is -0.173. The van der Waals surface area contributed by atoms with Crippen molar-refractivity contribution < 1.29 is 41.9 Å². The second-order valence-electron chi connectivity index (χ2n) is 10.6. The minimum Gasteiger partial charge on any atom is -0.455 e. The van der Waals surface area contributed by atoms with Gasteiger partial charge in [-0.3, -0.25) is 37.5 Å². The fourth-order valence-corrected chi connectivity index (χ4v) is 6.52. The van der Waals surface area contributed by atoms with E-state index in [1.807, 2.05) is 13.8 Å². The van der Waals surface area contributed by atoms with Crippen molar-refractivity contribution in [3.8, 4) is 0 Å².